The van der Waals surface area contributed by atoms with Gasteiger partial charge in [0.15, 0.2) is 6.10 Å². The van der Waals surface area contributed by atoms with Crippen molar-refractivity contribution in [2.24, 2.45) is 0 Å². The second-order valence-electron chi connectivity index (χ2n) is 21.3. The molecule has 0 aromatic carbocycles. The molecule has 424 valence electrons. The number of allylic oxidation sites excluding steroid dienone is 10. The number of hydrogen-bond donors (Lipinski definition) is 0. The molecular weight excluding hydrogens is 901 g/mol. The zero-order valence-corrected chi connectivity index (χ0v) is 48.7. The van der Waals surface area contributed by atoms with Gasteiger partial charge < -0.3 is 14.2 Å². The maximum atomic E-state index is 12.9. The van der Waals surface area contributed by atoms with Crippen LogP contribution in [0, 0.1) is 0 Å². The van der Waals surface area contributed by atoms with Crippen molar-refractivity contribution in [2.45, 2.75) is 335 Å². The molecule has 0 aromatic heterocycles. The number of carbonyl (C=O) groups excluding carboxylic acids is 3. The molecule has 0 N–H and O–H groups in total. The van der Waals surface area contributed by atoms with Gasteiger partial charge in [0.05, 0.1) is 0 Å². The lowest BCUT2D eigenvalue weighted by Crippen LogP contribution is -2.30. The first-order valence-corrected chi connectivity index (χ1v) is 31.8. The Bertz CT molecular complexity index is 1310. The van der Waals surface area contributed by atoms with E-state index < -0.39 is 6.10 Å². The fourth-order valence-electron chi connectivity index (χ4n) is 9.25. The molecule has 6 heteroatoms. The Balaban J connectivity index is 4.33. The van der Waals surface area contributed by atoms with Crippen molar-refractivity contribution in [1.29, 1.82) is 0 Å². The van der Waals surface area contributed by atoms with Crippen LogP contribution in [-0.4, -0.2) is 37.2 Å². The van der Waals surface area contributed by atoms with Gasteiger partial charge in [0.1, 0.15) is 13.2 Å². The summed E-state index contributed by atoms with van der Waals surface area (Å²) in [6.45, 7) is 6.53. The minimum Gasteiger partial charge on any atom is -0.462 e. The third-order valence-corrected chi connectivity index (χ3v) is 14.0. The maximum absolute atomic E-state index is 12.9. The Morgan fingerprint density at radius 3 is 0.877 bits per heavy atom. The molecule has 0 amide bonds. The Morgan fingerprint density at radius 2 is 0.534 bits per heavy atom. The number of unbranched alkanes of at least 4 members (excludes halogenated alkanes) is 37. The summed E-state index contributed by atoms with van der Waals surface area (Å²) in [7, 11) is 0. The molecule has 0 fully saturated rings. The molecule has 0 radical (unpaired) electrons. The molecule has 0 saturated heterocycles. The van der Waals surface area contributed by atoms with Crippen molar-refractivity contribution < 1.29 is 28.6 Å². The average molecular weight is 1020 g/mol. The van der Waals surface area contributed by atoms with E-state index >= 15 is 0 Å². The standard InChI is InChI=1S/C67H120O6/c1-4-7-10-13-16-19-22-25-28-30-31-32-33-34-35-37-39-42-45-48-51-54-57-60-66(69)72-63-64(62-71-65(68)59-56-53-50-47-44-41-38-27-24-21-18-15-12-9-6-3)73-67(70)61-58-55-52-49-46-43-40-36-29-26-23-20-17-14-11-8-5-2/h9,12,18,21,26-27,29,38,44,47,64H,4-8,10-11,13-17,19-20,22-25,28,30-37,39-43,45-46,48-63H2,1-3H3/b12-9-,21-18-,29-26-,38-27-,47-44-. The summed E-state index contributed by atoms with van der Waals surface area (Å²) in [6.07, 6.45) is 78.1. The molecule has 0 aliphatic heterocycles. The third-order valence-electron chi connectivity index (χ3n) is 14.0. The molecular formula is C67H120O6. The minimum atomic E-state index is -0.793. The smallest absolute Gasteiger partial charge is 0.306 e. The lowest BCUT2D eigenvalue weighted by molar-refractivity contribution is -0.167. The molecule has 0 saturated carbocycles. The Labute approximate surface area is 453 Å². The lowest BCUT2D eigenvalue weighted by Gasteiger charge is -2.18. The van der Waals surface area contributed by atoms with E-state index in [-0.39, 0.29) is 31.1 Å². The second kappa shape index (κ2) is 61.7. The number of esters is 3. The minimum absolute atomic E-state index is 0.0860. The predicted molar refractivity (Wildman–Crippen MR) is 316 cm³/mol. The van der Waals surface area contributed by atoms with E-state index in [2.05, 4.69) is 81.5 Å². The molecule has 0 heterocycles. The van der Waals surface area contributed by atoms with Gasteiger partial charge in [-0.3, -0.25) is 14.4 Å². The molecule has 0 aliphatic rings. The van der Waals surface area contributed by atoms with Crippen LogP contribution in [0.5, 0.6) is 0 Å². The molecule has 1 atom stereocenters. The third kappa shape index (κ3) is 59.9. The summed E-state index contributed by atoms with van der Waals surface area (Å²) < 4.78 is 16.9. The van der Waals surface area contributed by atoms with Gasteiger partial charge in [0.25, 0.3) is 0 Å². The van der Waals surface area contributed by atoms with Crippen LogP contribution < -0.4 is 0 Å². The molecule has 6 nitrogen and oxygen atoms in total. The highest BCUT2D eigenvalue weighted by atomic mass is 16.6. The predicted octanol–water partition coefficient (Wildman–Crippen LogP) is 21.6. The van der Waals surface area contributed by atoms with Crippen molar-refractivity contribution in [2.75, 3.05) is 13.2 Å². The molecule has 0 bridgehead atoms. The van der Waals surface area contributed by atoms with Crippen LogP contribution in [0.15, 0.2) is 60.8 Å². The molecule has 1 unspecified atom stereocenters. The Morgan fingerprint density at radius 1 is 0.288 bits per heavy atom. The van der Waals surface area contributed by atoms with Crippen molar-refractivity contribution in [3.05, 3.63) is 60.8 Å². The molecule has 0 aliphatic carbocycles. The maximum Gasteiger partial charge on any atom is 0.306 e. The van der Waals surface area contributed by atoms with E-state index in [1.54, 1.807) is 0 Å². The van der Waals surface area contributed by atoms with Crippen LogP contribution in [0.4, 0.5) is 0 Å². The summed E-state index contributed by atoms with van der Waals surface area (Å²) in [5.74, 6) is -0.916. The van der Waals surface area contributed by atoms with Crippen LogP contribution in [0.2, 0.25) is 0 Å². The van der Waals surface area contributed by atoms with E-state index in [4.69, 9.17) is 14.2 Å². The van der Waals surface area contributed by atoms with Gasteiger partial charge in [-0.1, -0.05) is 287 Å². The Hall–Kier alpha value is -2.89. The van der Waals surface area contributed by atoms with Crippen LogP contribution in [0.1, 0.15) is 329 Å². The number of rotatable bonds is 58. The van der Waals surface area contributed by atoms with Crippen molar-refractivity contribution in [3.8, 4) is 0 Å². The first-order valence-electron chi connectivity index (χ1n) is 31.8. The monoisotopic (exact) mass is 1020 g/mol. The van der Waals surface area contributed by atoms with Crippen LogP contribution >= 0.6 is 0 Å². The van der Waals surface area contributed by atoms with Gasteiger partial charge in [-0.2, -0.15) is 0 Å². The summed E-state index contributed by atoms with van der Waals surface area (Å²) in [5, 5.41) is 0. The Kier molecular flexibility index (Phi) is 59.2. The average Bonchev–Trinajstić information content (AvgIpc) is 3.39. The van der Waals surface area contributed by atoms with Crippen LogP contribution in [0.3, 0.4) is 0 Å². The van der Waals surface area contributed by atoms with Gasteiger partial charge in [-0.25, -0.2) is 0 Å². The first kappa shape index (κ1) is 70.1. The topological polar surface area (TPSA) is 78.9 Å². The van der Waals surface area contributed by atoms with E-state index in [0.29, 0.717) is 19.3 Å². The largest absolute Gasteiger partial charge is 0.462 e. The van der Waals surface area contributed by atoms with Gasteiger partial charge in [0.2, 0.25) is 0 Å². The second-order valence-corrected chi connectivity index (χ2v) is 21.3. The molecule has 0 rings (SSSR count). The summed E-state index contributed by atoms with van der Waals surface area (Å²) in [4.78, 5) is 38.3. The van der Waals surface area contributed by atoms with E-state index in [1.807, 2.05) is 0 Å². The normalized spacial score (nSPS) is 12.4. The SMILES string of the molecule is CC/C=C\C/C=C\C/C=C\C/C=C\CCCCC(=O)OCC(COC(=O)CCCCCCCCCCCCCCCCCCCCCCCCC)OC(=O)CCCCCCCCC/C=C\CCCCCCCC. The highest BCUT2D eigenvalue weighted by Crippen LogP contribution is 2.17. The van der Waals surface area contributed by atoms with E-state index in [0.717, 1.165) is 83.5 Å². The number of ether oxygens (including phenoxy) is 3. The van der Waals surface area contributed by atoms with Crippen molar-refractivity contribution >= 4 is 17.9 Å². The van der Waals surface area contributed by atoms with Gasteiger partial charge in [-0.05, 0) is 83.5 Å². The zero-order valence-electron chi connectivity index (χ0n) is 48.7. The van der Waals surface area contributed by atoms with Crippen molar-refractivity contribution in [1.82, 2.24) is 0 Å². The quantitative estimate of drug-likeness (QED) is 0.0261. The van der Waals surface area contributed by atoms with E-state index in [1.165, 1.54) is 205 Å². The fraction of sp³-hybridized carbons (Fsp3) is 0.806. The van der Waals surface area contributed by atoms with Gasteiger partial charge >= 0.3 is 17.9 Å². The van der Waals surface area contributed by atoms with Gasteiger partial charge in [0, 0.05) is 19.3 Å². The first-order chi connectivity index (χ1) is 36.0. The summed E-state index contributed by atoms with van der Waals surface area (Å²) in [6, 6.07) is 0. The highest BCUT2D eigenvalue weighted by Gasteiger charge is 2.19. The summed E-state index contributed by atoms with van der Waals surface area (Å²) >= 11 is 0. The number of hydrogen-bond acceptors (Lipinski definition) is 6. The molecule has 0 spiro atoms. The lowest BCUT2D eigenvalue weighted by atomic mass is 10.0. The van der Waals surface area contributed by atoms with Crippen molar-refractivity contribution in [3.63, 3.8) is 0 Å². The zero-order chi connectivity index (χ0) is 52.9. The van der Waals surface area contributed by atoms with E-state index in [9.17, 15) is 14.4 Å². The molecule has 0 aromatic rings. The van der Waals surface area contributed by atoms with Crippen LogP contribution in [0.25, 0.3) is 0 Å². The summed E-state index contributed by atoms with van der Waals surface area (Å²) in [5.41, 5.74) is 0. The van der Waals surface area contributed by atoms with Crippen LogP contribution in [-0.2, 0) is 28.6 Å². The van der Waals surface area contributed by atoms with Gasteiger partial charge in [-0.15, -0.1) is 0 Å². The fourth-order valence-corrected chi connectivity index (χ4v) is 9.25. The highest BCUT2D eigenvalue weighted by molar-refractivity contribution is 5.71. The number of carbonyl (C=O) groups is 3. The molecule has 73 heavy (non-hydrogen) atoms.